The molecule has 21 heavy (non-hydrogen) atoms. The second kappa shape index (κ2) is 5.61. The van der Waals surface area contributed by atoms with Crippen molar-refractivity contribution in [2.45, 2.75) is 12.1 Å². The maximum Gasteiger partial charge on any atom is 0.268 e. The van der Waals surface area contributed by atoms with Gasteiger partial charge in [-0.1, -0.05) is 12.1 Å². The molecule has 0 aromatic heterocycles. The third kappa shape index (κ3) is 2.64. The van der Waals surface area contributed by atoms with Gasteiger partial charge in [-0.3, -0.25) is 9.59 Å². The molecule has 0 aliphatic carbocycles. The highest BCUT2D eigenvalue weighted by Gasteiger charge is 2.37. The summed E-state index contributed by atoms with van der Waals surface area (Å²) >= 11 is 0. The summed E-state index contributed by atoms with van der Waals surface area (Å²) in [5, 5.41) is 3.05. The van der Waals surface area contributed by atoms with Crippen molar-refractivity contribution < 1.29 is 19.1 Å². The smallest absolute Gasteiger partial charge is 0.268 e. The number of carbonyl (C=O) groups excluding carboxylic acids is 2. The Morgan fingerprint density at radius 3 is 2.81 bits per heavy atom. The molecule has 1 saturated heterocycles. The van der Waals surface area contributed by atoms with E-state index in [4.69, 9.17) is 15.2 Å². The highest BCUT2D eigenvalue weighted by Crippen LogP contribution is 2.31. The molecule has 0 saturated carbocycles. The Labute approximate surface area is 122 Å². The number of nitrogens with one attached hydrogen (secondary N) is 1. The lowest BCUT2D eigenvalue weighted by atomic mass is 10.1. The van der Waals surface area contributed by atoms with Crippen LogP contribution in [0.1, 0.15) is 0 Å². The largest absolute Gasteiger partial charge is 0.485 e. The van der Waals surface area contributed by atoms with E-state index in [9.17, 15) is 9.59 Å². The Morgan fingerprint density at radius 2 is 2.05 bits per heavy atom. The SMILES string of the molecule is NC(=O)C1CNCCN1C(=O)C1COc2ccccc2O1. The molecule has 3 N–H and O–H groups in total. The molecule has 2 heterocycles. The minimum atomic E-state index is -0.750. The second-order valence-electron chi connectivity index (χ2n) is 5.02. The predicted molar refractivity (Wildman–Crippen MR) is 73.9 cm³/mol. The van der Waals surface area contributed by atoms with Gasteiger partial charge in [-0.2, -0.15) is 0 Å². The number of piperazine rings is 1. The normalized spacial score (nSPS) is 24.5. The van der Waals surface area contributed by atoms with Crippen molar-refractivity contribution in [2.24, 2.45) is 5.73 Å². The van der Waals surface area contributed by atoms with E-state index in [0.717, 1.165) is 0 Å². The molecule has 2 amide bonds. The van der Waals surface area contributed by atoms with Crippen LogP contribution in [-0.4, -0.2) is 55.1 Å². The van der Waals surface area contributed by atoms with Gasteiger partial charge in [0.15, 0.2) is 11.5 Å². The van der Waals surface area contributed by atoms with Gasteiger partial charge in [0.1, 0.15) is 12.6 Å². The van der Waals surface area contributed by atoms with Gasteiger partial charge >= 0.3 is 0 Å². The molecular weight excluding hydrogens is 274 g/mol. The molecule has 0 spiro atoms. The predicted octanol–water partition coefficient (Wildman–Crippen LogP) is -0.888. The van der Waals surface area contributed by atoms with E-state index in [0.29, 0.717) is 31.1 Å². The van der Waals surface area contributed by atoms with Gasteiger partial charge in [0, 0.05) is 19.6 Å². The molecule has 1 fully saturated rings. The number of amides is 2. The molecule has 2 unspecified atom stereocenters. The summed E-state index contributed by atoms with van der Waals surface area (Å²) in [4.78, 5) is 25.5. The summed E-state index contributed by atoms with van der Waals surface area (Å²) in [5.74, 6) is 0.364. The van der Waals surface area contributed by atoms with Crippen molar-refractivity contribution in [1.82, 2.24) is 10.2 Å². The van der Waals surface area contributed by atoms with Gasteiger partial charge < -0.3 is 25.4 Å². The number of para-hydroxylation sites is 2. The minimum Gasteiger partial charge on any atom is -0.485 e. The molecule has 7 heteroatoms. The van der Waals surface area contributed by atoms with Gasteiger partial charge in [-0.15, -0.1) is 0 Å². The zero-order chi connectivity index (χ0) is 14.8. The monoisotopic (exact) mass is 291 g/mol. The van der Waals surface area contributed by atoms with Crippen LogP contribution in [0.3, 0.4) is 0 Å². The van der Waals surface area contributed by atoms with E-state index in [1.807, 2.05) is 12.1 Å². The summed E-state index contributed by atoms with van der Waals surface area (Å²) in [6, 6.07) is 6.54. The summed E-state index contributed by atoms with van der Waals surface area (Å²) in [6.45, 7) is 1.55. The Bertz CT molecular complexity index is 563. The molecule has 1 aromatic carbocycles. The number of carbonyl (C=O) groups is 2. The average molecular weight is 291 g/mol. The van der Waals surface area contributed by atoms with Crippen LogP contribution in [-0.2, 0) is 9.59 Å². The summed E-state index contributed by atoms with van der Waals surface area (Å²) in [6.07, 6.45) is -0.750. The number of benzene rings is 1. The standard InChI is InChI=1S/C14H17N3O4/c15-13(18)9-7-16-5-6-17(9)14(19)12-8-20-10-3-1-2-4-11(10)21-12/h1-4,9,12,16H,5-8H2,(H2,15,18). The van der Waals surface area contributed by atoms with Crippen LogP contribution in [0.15, 0.2) is 24.3 Å². The Balaban J connectivity index is 1.75. The van der Waals surface area contributed by atoms with E-state index in [2.05, 4.69) is 5.32 Å². The fourth-order valence-corrected chi connectivity index (χ4v) is 2.55. The van der Waals surface area contributed by atoms with Crippen molar-refractivity contribution >= 4 is 11.8 Å². The molecular formula is C14H17N3O4. The number of primary amides is 1. The van der Waals surface area contributed by atoms with Crippen molar-refractivity contribution in [2.75, 3.05) is 26.2 Å². The highest BCUT2D eigenvalue weighted by atomic mass is 16.6. The molecule has 112 valence electrons. The fraction of sp³-hybridized carbons (Fsp3) is 0.429. The van der Waals surface area contributed by atoms with Crippen LogP contribution in [0.25, 0.3) is 0 Å². The van der Waals surface area contributed by atoms with Gasteiger partial charge in [-0.25, -0.2) is 0 Å². The fourth-order valence-electron chi connectivity index (χ4n) is 2.55. The quantitative estimate of drug-likeness (QED) is 0.737. The number of nitrogens with two attached hydrogens (primary N) is 1. The molecule has 2 atom stereocenters. The number of fused-ring (bicyclic) bond motifs is 1. The third-order valence-electron chi connectivity index (χ3n) is 3.64. The van der Waals surface area contributed by atoms with Gasteiger partial charge in [0.2, 0.25) is 12.0 Å². The van der Waals surface area contributed by atoms with Crippen LogP contribution in [0.4, 0.5) is 0 Å². The van der Waals surface area contributed by atoms with E-state index < -0.39 is 18.1 Å². The van der Waals surface area contributed by atoms with Crippen LogP contribution >= 0.6 is 0 Å². The van der Waals surface area contributed by atoms with E-state index >= 15 is 0 Å². The molecule has 1 aromatic rings. The van der Waals surface area contributed by atoms with Gasteiger partial charge in [0.05, 0.1) is 0 Å². The molecule has 2 aliphatic rings. The molecule has 3 rings (SSSR count). The van der Waals surface area contributed by atoms with Crippen molar-refractivity contribution in [3.63, 3.8) is 0 Å². The van der Waals surface area contributed by atoms with Crippen LogP contribution in [0, 0.1) is 0 Å². The Kier molecular flexibility index (Phi) is 3.66. The average Bonchev–Trinajstić information content (AvgIpc) is 2.53. The summed E-state index contributed by atoms with van der Waals surface area (Å²) in [7, 11) is 0. The number of hydrogen-bond acceptors (Lipinski definition) is 5. The van der Waals surface area contributed by atoms with E-state index in [1.165, 1.54) is 4.90 Å². The summed E-state index contributed by atoms with van der Waals surface area (Å²) in [5.41, 5.74) is 5.36. The van der Waals surface area contributed by atoms with Crippen LogP contribution in [0.5, 0.6) is 11.5 Å². The van der Waals surface area contributed by atoms with E-state index in [1.54, 1.807) is 12.1 Å². The Hall–Kier alpha value is -2.28. The van der Waals surface area contributed by atoms with Crippen molar-refractivity contribution in [3.8, 4) is 11.5 Å². The van der Waals surface area contributed by atoms with Gasteiger partial charge in [-0.05, 0) is 12.1 Å². The zero-order valence-corrected chi connectivity index (χ0v) is 11.5. The maximum atomic E-state index is 12.6. The number of hydrogen-bond donors (Lipinski definition) is 2. The minimum absolute atomic E-state index is 0.130. The number of nitrogens with zero attached hydrogens (tertiary/aromatic N) is 1. The zero-order valence-electron chi connectivity index (χ0n) is 11.5. The first-order chi connectivity index (χ1) is 10.2. The Morgan fingerprint density at radius 1 is 1.29 bits per heavy atom. The lowest BCUT2D eigenvalue weighted by Crippen LogP contribution is -2.61. The second-order valence-corrected chi connectivity index (χ2v) is 5.02. The van der Waals surface area contributed by atoms with Crippen molar-refractivity contribution in [1.29, 1.82) is 0 Å². The number of ether oxygens (including phenoxy) is 2. The first kappa shape index (κ1) is 13.7. The maximum absolute atomic E-state index is 12.6. The summed E-state index contributed by atoms with van der Waals surface area (Å²) < 4.78 is 11.2. The lowest BCUT2D eigenvalue weighted by Gasteiger charge is -2.37. The van der Waals surface area contributed by atoms with Crippen molar-refractivity contribution in [3.05, 3.63) is 24.3 Å². The van der Waals surface area contributed by atoms with E-state index in [-0.39, 0.29) is 12.5 Å². The third-order valence-corrected chi connectivity index (χ3v) is 3.64. The van der Waals surface area contributed by atoms with Crippen LogP contribution < -0.4 is 20.5 Å². The topological polar surface area (TPSA) is 93.9 Å². The molecule has 2 aliphatic heterocycles. The van der Waals surface area contributed by atoms with Crippen LogP contribution in [0.2, 0.25) is 0 Å². The number of rotatable bonds is 2. The molecule has 0 bridgehead atoms. The lowest BCUT2D eigenvalue weighted by molar-refractivity contribution is -0.148. The first-order valence-corrected chi connectivity index (χ1v) is 6.86. The highest BCUT2D eigenvalue weighted by molar-refractivity contribution is 5.89. The van der Waals surface area contributed by atoms with Gasteiger partial charge in [0.25, 0.3) is 5.91 Å². The molecule has 7 nitrogen and oxygen atoms in total. The molecule has 0 radical (unpaired) electrons. The first-order valence-electron chi connectivity index (χ1n) is 6.86.